The molecule has 2 aromatic carbocycles. The number of nitrogens with one attached hydrogen (secondary N) is 1. The van der Waals surface area contributed by atoms with E-state index in [1.165, 1.54) is 36.4 Å². The van der Waals surface area contributed by atoms with E-state index in [4.69, 9.17) is 27.9 Å². The second-order valence-electron chi connectivity index (χ2n) is 5.74. The van der Waals surface area contributed by atoms with Crippen molar-refractivity contribution in [2.75, 3.05) is 11.9 Å². The minimum atomic E-state index is -4.17. The molecule has 1 unspecified atom stereocenters. The second kappa shape index (κ2) is 7.63. The molecule has 144 valence electrons. The molecule has 27 heavy (non-hydrogen) atoms. The lowest BCUT2D eigenvalue weighted by molar-refractivity contribution is -0.146. The lowest BCUT2D eigenvalue weighted by atomic mass is 10.2. The predicted octanol–water partition coefficient (Wildman–Crippen LogP) is 3.64. The molecule has 0 saturated heterocycles. The first-order valence-electron chi connectivity index (χ1n) is 7.92. The molecule has 1 aliphatic rings. The third-order valence-electron chi connectivity index (χ3n) is 3.92. The summed E-state index contributed by atoms with van der Waals surface area (Å²) < 4.78 is 45.5. The van der Waals surface area contributed by atoms with Crippen molar-refractivity contribution in [1.82, 2.24) is 4.31 Å². The molecular weight excluding hydrogens is 418 g/mol. The molecule has 10 heteroatoms. The molecule has 0 radical (unpaired) electrons. The number of halogens is 3. The highest BCUT2D eigenvalue weighted by Crippen LogP contribution is 2.40. The lowest BCUT2D eigenvalue weighted by Crippen LogP contribution is -2.53. The van der Waals surface area contributed by atoms with Gasteiger partial charge in [-0.2, -0.15) is 4.31 Å². The lowest BCUT2D eigenvalue weighted by Gasteiger charge is -2.36. The first kappa shape index (κ1) is 19.9. The van der Waals surface area contributed by atoms with Gasteiger partial charge in [-0.15, -0.1) is 0 Å². The van der Waals surface area contributed by atoms with Gasteiger partial charge in [0.1, 0.15) is 10.7 Å². The van der Waals surface area contributed by atoms with Crippen molar-refractivity contribution in [1.29, 1.82) is 0 Å². The summed E-state index contributed by atoms with van der Waals surface area (Å²) in [4.78, 5) is 12.2. The van der Waals surface area contributed by atoms with Crippen LogP contribution < -0.4 is 5.32 Å². The molecule has 0 aromatic heterocycles. The number of carbonyl (C=O) groups is 1. The Morgan fingerprint density at radius 3 is 2.56 bits per heavy atom. The van der Waals surface area contributed by atoms with E-state index in [2.05, 4.69) is 5.32 Å². The van der Waals surface area contributed by atoms with Crippen LogP contribution in [0.15, 0.2) is 41.3 Å². The highest BCUT2D eigenvalue weighted by atomic mass is 35.5. The van der Waals surface area contributed by atoms with Crippen LogP contribution >= 0.6 is 23.2 Å². The molecule has 0 spiro atoms. The molecule has 1 atom stereocenters. The Morgan fingerprint density at radius 1 is 1.26 bits per heavy atom. The van der Waals surface area contributed by atoms with Gasteiger partial charge in [0.2, 0.25) is 10.0 Å². The number of nitrogens with zero attached hydrogens (tertiary/aromatic N) is 1. The van der Waals surface area contributed by atoms with Crippen LogP contribution in [-0.2, 0) is 26.1 Å². The number of ether oxygens (including phenoxy) is 1. The maximum atomic E-state index is 13.2. The summed E-state index contributed by atoms with van der Waals surface area (Å²) in [6, 6.07) is 7.97. The minimum absolute atomic E-state index is 0.0728. The first-order valence-corrected chi connectivity index (χ1v) is 10.1. The van der Waals surface area contributed by atoms with Gasteiger partial charge in [0.15, 0.2) is 6.17 Å². The number of benzene rings is 2. The highest BCUT2D eigenvalue weighted by Gasteiger charge is 2.44. The molecule has 1 aliphatic heterocycles. The molecule has 0 fully saturated rings. The molecule has 1 N–H and O–H groups in total. The van der Waals surface area contributed by atoms with E-state index in [0.29, 0.717) is 5.56 Å². The van der Waals surface area contributed by atoms with Crippen molar-refractivity contribution in [2.45, 2.75) is 24.5 Å². The Bertz CT molecular complexity index is 983. The first-order chi connectivity index (χ1) is 12.7. The van der Waals surface area contributed by atoms with Gasteiger partial charge in [-0.05, 0) is 36.8 Å². The third kappa shape index (κ3) is 3.89. The quantitative estimate of drug-likeness (QED) is 0.746. The summed E-state index contributed by atoms with van der Waals surface area (Å²) in [5.41, 5.74) is 0.602. The second-order valence-corrected chi connectivity index (χ2v) is 8.41. The fraction of sp³-hybridized carbons (Fsp3) is 0.235. The SMILES string of the molecule is CCOC(=O)C1Nc2cc(Cl)cc(Cl)c2S(=O)(=O)N1Cc1ccc(F)cc1. The number of rotatable bonds is 4. The average molecular weight is 433 g/mol. The summed E-state index contributed by atoms with van der Waals surface area (Å²) >= 11 is 12.1. The summed E-state index contributed by atoms with van der Waals surface area (Å²) in [7, 11) is -4.17. The Hall–Kier alpha value is -1.87. The van der Waals surface area contributed by atoms with Crippen LogP contribution in [0.1, 0.15) is 12.5 Å². The maximum Gasteiger partial charge on any atom is 0.345 e. The van der Waals surface area contributed by atoms with Crippen LogP contribution in [0.25, 0.3) is 0 Å². The highest BCUT2D eigenvalue weighted by molar-refractivity contribution is 7.89. The van der Waals surface area contributed by atoms with Crippen LogP contribution in [0.3, 0.4) is 0 Å². The third-order valence-corrected chi connectivity index (χ3v) is 6.46. The summed E-state index contributed by atoms with van der Waals surface area (Å²) in [5, 5.41) is 2.98. The largest absolute Gasteiger partial charge is 0.463 e. The molecule has 0 bridgehead atoms. The average Bonchev–Trinajstić information content (AvgIpc) is 2.58. The van der Waals surface area contributed by atoms with Gasteiger partial charge in [-0.3, -0.25) is 0 Å². The van der Waals surface area contributed by atoms with Crippen LogP contribution in [0, 0.1) is 5.82 Å². The molecule has 0 aliphatic carbocycles. The Kier molecular flexibility index (Phi) is 5.62. The molecule has 0 saturated carbocycles. The van der Waals surface area contributed by atoms with Crippen LogP contribution in [0.2, 0.25) is 10.0 Å². The van der Waals surface area contributed by atoms with Crippen molar-refractivity contribution in [3.8, 4) is 0 Å². The number of sulfonamides is 1. The zero-order valence-corrected chi connectivity index (χ0v) is 16.4. The predicted molar refractivity (Wildman–Crippen MR) is 99.6 cm³/mol. The van der Waals surface area contributed by atoms with E-state index < -0.39 is 28.0 Å². The number of anilines is 1. The van der Waals surface area contributed by atoms with E-state index in [9.17, 15) is 17.6 Å². The van der Waals surface area contributed by atoms with Gasteiger partial charge >= 0.3 is 5.97 Å². The zero-order chi connectivity index (χ0) is 19.8. The van der Waals surface area contributed by atoms with Gasteiger partial charge < -0.3 is 10.1 Å². The summed E-state index contributed by atoms with van der Waals surface area (Å²) in [5.74, 6) is -1.23. The Balaban J connectivity index is 2.10. The number of esters is 1. The van der Waals surface area contributed by atoms with Crippen molar-refractivity contribution >= 4 is 44.9 Å². The fourth-order valence-corrected chi connectivity index (χ4v) is 5.21. The van der Waals surface area contributed by atoms with Crippen LogP contribution in [-0.4, -0.2) is 31.5 Å². The molecule has 6 nitrogen and oxygen atoms in total. The Labute approximate surface area is 165 Å². The number of carbonyl (C=O) groups excluding carboxylic acids is 1. The van der Waals surface area contributed by atoms with E-state index in [-0.39, 0.29) is 33.8 Å². The summed E-state index contributed by atoms with van der Waals surface area (Å²) in [6.45, 7) is 1.50. The molecule has 0 amide bonds. The van der Waals surface area contributed by atoms with E-state index >= 15 is 0 Å². The van der Waals surface area contributed by atoms with Gasteiger partial charge in [-0.25, -0.2) is 17.6 Å². The van der Waals surface area contributed by atoms with Crippen molar-refractivity contribution in [3.63, 3.8) is 0 Å². The molecule has 3 rings (SSSR count). The number of fused-ring (bicyclic) bond motifs is 1. The normalized spacial score (nSPS) is 18.4. The maximum absolute atomic E-state index is 13.2. The number of hydrogen-bond acceptors (Lipinski definition) is 5. The topological polar surface area (TPSA) is 75.7 Å². The molecule has 2 aromatic rings. The smallest absolute Gasteiger partial charge is 0.345 e. The van der Waals surface area contributed by atoms with E-state index in [1.54, 1.807) is 6.92 Å². The van der Waals surface area contributed by atoms with Crippen molar-refractivity contribution in [2.24, 2.45) is 0 Å². The van der Waals surface area contributed by atoms with E-state index in [0.717, 1.165) is 4.31 Å². The van der Waals surface area contributed by atoms with Gasteiger partial charge in [0, 0.05) is 11.6 Å². The zero-order valence-electron chi connectivity index (χ0n) is 14.1. The molecular formula is C17H15Cl2FN2O4S. The Morgan fingerprint density at radius 2 is 1.93 bits per heavy atom. The fourth-order valence-electron chi connectivity index (χ4n) is 2.75. The van der Waals surface area contributed by atoms with Gasteiger partial charge in [0.05, 0.1) is 17.3 Å². The monoisotopic (exact) mass is 432 g/mol. The molecule has 1 heterocycles. The van der Waals surface area contributed by atoms with Crippen LogP contribution in [0.5, 0.6) is 0 Å². The van der Waals surface area contributed by atoms with Gasteiger partial charge in [0.25, 0.3) is 0 Å². The van der Waals surface area contributed by atoms with Crippen molar-refractivity contribution < 1.29 is 22.3 Å². The van der Waals surface area contributed by atoms with Gasteiger partial charge in [-0.1, -0.05) is 35.3 Å². The standard InChI is InChI=1S/C17H15Cl2FN2O4S/c1-2-26-17(23)16-21-14-8-11(18)7-13(19)15(14)27(24,25)22(16)9-10-3-5-12(20)6-4-10/h3-8,16,21H,2,9H2,1H3. The summed E-state index contributed by atoms with van der Waals surface area (Å²) in [6.07, 6.45) is -1.32. The van der Waals surface area contributed by atoms with E-state index in [1.807, 2.05) is 0 Å². The van der Waals surface area contributed by atoms with Crippen molar-refractivity contribution in [3.05, 3.63) is 57.8 Å². The van der Waals surface area contributed by atoms with Crippen LogP contribution in [0.4, 0.5) is 10.1 Å². The minimum Gasteiger partial charge on any atom is -0.463 e. The number of hydrogen-bond donors (Lipinski definition) is 1.